The van der Waals surface area contributed by atoms with Crippen LogP contribution in [-0.2, 0) is 4.74 Å². The normalized spacial score (nSPS) is 22.5. The first kappa shape index (κ1) is 19.3. The van der Waals surface area contributed by atoms with E-state index < -0.39 is 5.60 Å². The van der Waals surface area contributed by atoms with Gasteiger partial charge in [0, 0.05) is 23.8 Å². The summed E-state index contributed by atoms with van der Waals surface area (Å²) in [4.78, 5) is 18.6. The highest BCUT2D eigenvalue weighted by molar-refractivity contribution is 5.68. The van der Waals surface area contributed by atoms with Gasteiger partial charge < -0.3 is 24.4 Å². The predicted octanol–water partition coefficient (Wildman–Crippen LogP) is 3.64. The van der Waals surface area contributed by atoms with Gasteiger partial charge in [0.2, 0.25) is 5.88 Å². The van der Waals surface area contributed by atoms with Crippen LogP contribution in [0.3, 0.4) is 0 Å². The number of nitrogens with one attached hydrogen (secondary N) is 1. The molecule has 0 bridgehead atoms. The minimum Gasteiger partial charge on any atom is -0.495 e. The van der Waals surface area contributed by atoms with Crippen LogP contribution in [0.15, 0.2) is 24.5 Å². The Morgan fingerprint density at radius 2 is 2.04 bits per heavy atom. The quantitative estimate of drug-likeness (QED) is 0.870. The third kappa shape index (κ3) is 4.64. The molecule has 1 saturated carbocycles. The molecule has 0 radical (unpaired) electrons. The Hall–Kier alpha value is -2.44. The number of methoxy groups -OCH3 is 1. The first-order chi connectivity index (χ1) is 12.8. The van der Waals surface area contributed by atoms with E-state index in [2.05, 4.69) is 21.8 Å². The summed E-state index contributed by atoms with van der Waals surface area (Å²) in [5.41, 5.74) is 1.33. The Kier molecular flexibility index (Phi) is 5.48. The molecule has 0 atom stereocenters. The van der Waals surface area contributed by atoms with Crippen LogP contribution in [0.4, 0.5) is 10.5 Å². The summed E-state index contributed by atoms with van der Waals surface area (Å²) >= 11 is 0. The zero-order valence-electron chi connectivity index (χ0n) is 16.6. The maximum atomic E-state index is 12.0. The molecule has 1 fully saturated rings. The highest BCUT2D eigenvalue weighted by Gasteiger charge is 2.33. The van der Waals surface area contributed by atoms with Gasteiger partial charge >= 0.3 is 6.09 Å². The molecule has 7 nitrogen and oxygen atoms in total. The van der Waals surface area contributed by atoms with Crippen LogP contribution in [-0.4, -0.2) is 42.5 Å². The fourth-order valence-electron chi connectivity index (χ4n) is 3.62. The fourth-order valence-corrected chi connectivity index (χ4v) is 3.62. The lowest BCUT2D eigenvalue weighted by molar-refractivity contribution is 0.0491. The molecule has 1 aromatic heterocycles. The number of pyridine rings is 1. The van der Waals surface area contributed by atoms with Crippen LogP contribution < -0.4 is 19.7 Å². The minimum absolute atomic E-state index is 0.133. The number of hydrogen-bond donors (Lipinski definition) is 1. The monoisotopic (exact) mass is 375 g/mol. The van der Waals surface area contributed by atoms with Crippen molar-refractivity contribution < 1.29 is 19.0 Å². The van der Waals surface area contributed by atoms with Gasteiger partial charge in [-0.05, 0) is 46.5 Å². The molecule has 7 heteroatoms. The van der Waals surface area contributed by atoms with Gasteiger partial charge in [-0.15, -0.1) is 0 Å². The maximum absolute atomic E-state index is 12.0. The molecule has 0 saturated heterocycles. The van der Waals surface area contributed by atoms with Crippen LogP contribution in [0.5, 0.6) is 11.6 Å². The van der Waals surface area contributed by atoms with E-state index >= 15 is 0 Å². The molecule has 3 rings (SSSR count). The van der Waals surface area contributed by atoms with E-state index in [9.17, 15) is 4.79 Å². The summed E-state index contributed by atoms with van der Waals surface area (Å²) in [6.45, 7) is 10.2. The zero-order chi connectivity index (χ0) is 19.6. The van der Waals surface area contributed by atoms with Gasteiger partial charge in [0.15, 0.2) is 0 Å². The van der Waals surface area contributed by atoms with Crippen molar-refractivity contribution in [2.24, 2.45) is 0 Å². The molecule has 0 unspecified atom stereocenters. The van der Waals surface area contributed by atoms with E-state index in [1.165, 1.54) is 0 Å². The van der Waals surface area contributed by atoms with Crippen molar-refractivity contribution in [2.75, 3.05) is 18.6 Å². The summed E-state index contributed by atoms with van der Waals surface area (Å²) in [5.74, 6) is 1.30. The summed E-state index contributed by atoms with van der Waals surface area (Å²) < 4.78 is 16.4. The highest BCUT2D eigenvalue weighted by Crippen LogP contribution is 2.40. The van der Waals surface area contributed by atoms with Crippen molar-refractivity contribution in [3.63, 3.8) is 0 Å². The van der Waals surface area contributed by atoms with Crippen LogP contribution in [0, 0.1) is 0 Å². The topological polar surface area (TPSA) is 72.9 Å². The lowest BCUT2D eigenvalue weighted by atomic mass is 9.89. The maximum Gasteiger partial charge on any atom is 0.407 e. The standard InChI is InChI=1S/C20H29N3O4/c1-13-12-26-18-17(10-16(25-5)11-21-18)23(13)15-8-6-14(7-9-15)22-19(24)27-20(2,3)4/h10-11,14-15H,1,6-9,12H2,2-5H3,(H,22,24). The van der Waals surface area contributed by atoms with E-state index in [1.54, 1.807) is 13.3 Å². The second-order valence-corrected chi connectivity index (χ2v) is 8.08. The van der Waals surface area contributed by atoms with Crippen molar-refractivity contribution in [3.05, 3.63) is 24.5 Å². The molecule has 2 aliphatic rings. The Morgan fingerprint density at radius 3 is 2.67 bits per heavy atom. The molecule has 1 amide bonds. The van der Waals surface area contributed by atoms with E-state index in [4.69, 9.17) is 14.2 Å². The molecule has 1 N–H and O–H groups in total. The fraction of sp³-hybridized carbons (Fsp3) is 0.600. The van der Waals surface area contributed by atoms with E-state index in [-0.39, 0.29) is 12.1 Å². The van der Waals surface area contributed by atoms with Gasteiger partial charge in [-0.3, -0.25) is 0 Å². The summed E-state index contributed by atoms with van der Waals surface area (Å²) in [5, 5.41) is 2.99. The molecule has 0 spiro atoms. The molecule has 1 aliphatic carbocycles. The average Bonchev–Trinajstić information content (AvgIpc) is 2.60. The molecule has 27 heavy (non-hydrogen) atoms. The largest absolute Gasteiger partial charge is 0.495 e. The van der Waals surface area contributed by atoms with Crippen molar-refractivity contribution in [2.45, 2.75) is 64.1 Å². The third-order valence-electron chi connectivity index (χ3n) is 4.80. The molecule has 1 aliphatic heterocycles. The van der Waals surface area contributed by atoms with Crippen LogP contribution in [0.2, 0.25) is 0 Å². The number of anilines is 1. The van der Waals surface area contributed by atoms with Crippen LogP contribution >= 0.6 is 0 Å². The molecular weight excluding hydrogens is 346 g/mol. The Balaban J connectivity index is 1.64. The van der Waals surface area contributed by atoms with E-state index in [0.29, 0.717) is 24.3 Å². The zero-order valence-corrected chi connectivity index (χ0v) is 16.6. The number of nitrogens with zero attached hydrogens (tertiary/aromatic N) is 2. The number of carbonyl (C=O) groups excluding carboxylic acids is 1. The van der Waals surface area contributed by atoms with Crippen molar-refractivity contribution in [1.82, 2.24) is 10.3 Å². The van der Waals surface area contributed by atoms with Gasteiger partial charge in [0.05, 0.1) is 13.3 Å². The first-order valence-corrected chi connectivity index (χ1v) is 9.40. The SMILES string of the molecule is C=C1COc2ncc(OC)cc2N1C1CCC(NC(=O)OC(C)(C)C)CC1. The number of hydrogen-bond acceptors (Lipinski definition) is 6. The summed E-state index contributed by atoms with van der Waals surface area (Å²) in [6.07, 6.45) is 4.97. The average molecular weight is 375 g/mol. The number of amides is 1. The van der Waals surface area contributed by atoms with Gasteiger partial charge in [0.25, 0.3) is 0 Å². The van der Waals surface area contributed by atoms with Gasteiger partial charge in [-0.25, -0.2) is 9.78 Å². The number of ether oxygens (including phenoxy) is 3. The van der Waals surface area contributed by atoms with Crippen LogP contribution in [0.1, 0.15) is 46.5 Å². The van der Waals surface area contributed by atoms with Gasteiger partial charge in [-0.1, -0.05) is 6.58 Å². The molecule has 0 aromatic carbocycles. The number of alkyl carbamates (subject to hydrolysis) is 1. The highest BCUT2D eigenvalue weighted by atomic mass is 16.6. The minimum atomic E-state index is -0.484. The Bertz CT molecular complexity index is 706. The van der Waals surface area contributed by atoms with Crippen molar-refractivity contribution in [1.29, 1.82) is 0 Å². The van der Waals surface area contributed by atoms with E-state index in [1.807, 2.05) is 26.8 Å². The Labute approximate surface area is 160 Å². The Morgan fingerprint density at radius 1 is 1.33 bits per heavy atom. The summed E-state index contributed by atoms with van der Waals surface area (Å²) in [6, 6.07) is 2.37. The first-order valence-electron chi connectivity index (χ1n) is 9.40. The van der Waals surface area contributed by atoms with Gasteiger partial charge in [0.1, 0.15) is 23.6 Å². The molecular formula is C20H29N3O4. The summed E-state index contributed by atoms with van der Waals surface area (Å²) in [7, 11) is 1.62. The molecule has 2 heterocycles. The molecule has 148 valence electrons. The third-order valence-corrected chi connectivity index (χ3v) is 4.80. The van der Waals surface area contributed by atoms with Crippen molar-refractivity contribution in [3.8, 4) is 11.6 Å². The number of carbonyl (C=O) groups is 1. The lowest BCUT2D eigenvalue weighted by Crippen LogP contribution is -2.46. The second-order valence-electron chi connectivity index (χ2n) is 8.08. The number of aromatic nitrogens is 1. The molecule has 1 aromatic rings. The van der Waals surface area contributed by atoms with E-state index in [0.717, 1.165) is 37.1 Å². The second kappa shape index (κ2) is 7.66. The van der Waals surface area contributed by atoms with Crippen molar-refractivity contribution >= 4 is 11.8 Å². The van der Waals surface area contributed by atoms with Gasteiger partial charge in [-0.2, -0.15) is 0 Å². The lowest BCUT2D eigenvalue weighted by Gasteiger charge is -2.41. The smallest absolute Gasteiger partial charge is 0.407 e. The van der Waals surface area contributed by atoms with Crippen LogP contribution in [0.25, 0.3) is 0 Å². The predicted molar refractivity (Wildman–Crippen MR) is 103 cm³/mol. The number of fused-ring (bicyclic) bond motifs is 1. The number of rotatable bonds is 3.